The van der Waals surface area contributed by atoms with E-state index in [-0.39, 0.29) is 19.1 Å². The molecule has 1 aliphatic rings. The number of fused-ring (bicyclic) bond motifs is 1. The number of nitro benzene ring substituents is 1. The lowest BCUT2D eigenvalue weighted by molar-refractivity contribution is -0.384. The molecule has 1 aliphatic heterocycles. The van der Waals surface area contributed by atoms with Crippen molar-refractivity contribution in [1.82, 2.24) is 5.43 Å². The second-order valence-corrected chi connectivity index (χ2v) is 6.44. The summed E-state index contributed by atoms with van der Waals surface area (Å²) in [5, 5.41) is 14.9. The summed E-state index contributed by atoms with van der Waals surface area (Å²) in [6.45, 7) is -0.207. The van der Waals surface area contributed by atoms with Crippen LogP contribution in [0, 0.1) is 10.1 Å². The van der Waals surface area contributed by atoms with Crippen molar-refractivity contribution in [3.05, 3.63) is 55.5 Å². The molecule has 27 heavy (non-hydrogen) atoms. The molecule has 1 amide bonds. The molecule has 140 valence electrons. The van der Waals surface area contributed by atoms with Crippen molar-refractivity contribution < 1.29 is 23.9 Å². The van der Waals surface area contributed by atoms with E-state index >= 15 is 0 Å². The van der Waals surface area contributed by atoms with Crippen LogP contribution in [0.25, 0.3) is 0 Å². The van der Waals surface area contributed by atoms with E-state index in [1.54, 1.807) is 12.1 Å². The predicted octanol–water partition coefficient (Wildman–Crippen LogP) is 3.27. The maximum Gasteiger partial charge on any atom is 0.277 e. The third-order valence-corrected chi connectivity index (χ3v) is 4.32. The number of nitrogens with zero attached hydrogens (tertiary/aromatic N) is 2. The number of rotatable bonds is 6. The molecule has 11 heteroatoms. The molecule has 2 aromatic carbocycles. The molecule has 0 aromatic heterocycles. The van der Waals surface area contributed by atoms with Crippen LogP contribution in [0.1, 0.15) is 5.56 Å². The minimum Gasteiger partial charge on any atom is -0.483 e. The van der Waals surface area contributed by atoms with Crippen molar-refractivity contribution in [2.75, 3.05) is 13.4 Å². The van der Waals surface area contributed by atoms with Gasteiger partial charge in [0.05, 0.1) is 20.6 Å². The number of nitrogens with one attached hydrogen (secondary N) is 1. The molecule has 3 rings (SSSR count). The zero-order valence-corrected chi connectivity index (χ0v) is 15.8. The van der Waals surface area contributed by atoms with Crippen LogP contribution < -0.4 is 19.6 Å². The largest absolute Gasteiger partial charge is 0.483 e. The van der Waals surface area contributed by atoms with Crippen molar-refractivity contribution in [1.29, 1.82) is 0 Å². The predicted molar refractivity (Wildman–Crippen MR) is 99.6 cm³/mol. The van der Waals surface area contributed by atoms with Crippen LogP contribution >= 0.6 is 27.5 Å². The Hall–Kier alpha value is -2.85. The maximum atomic E-state index is 11.8. The summed E-state index contributed by atoms with van der Waals surface area (Å²) in [5.41, 5.74) is 2.74. The number of hydrogen-bond acceptors (Lipinski definition) is 7. The Morgan fingerprint density at radius 2 is 2.11 bits per heavy atom. The van der Waals surface area contributed by atoms with Crippen molar-refractivity contribution in [2.24, 2.45) is 5.10 Å². The summed E-state index contributed by atoms with van der Waals surface area (Å²) in [6, 6.07) is 7.20. The topological polar surface area (TPSA) is 112 Å². The average Bonchev–Trinajstić information content (AvgIpc) is 3.07. The fraction of sp³-hybridized carbons (Fsp3) is 0.125. The molecule has 0 atom stereocenters. The standard InChI is InChI=1S/C16H11BrClN3O6/c17-11-4-10(21(23)24)1-2-13(11)25-7-16(22)20-19-6-9-3-14-15(5-12(9)18)27-8-26-14/h1-6H,7-8H2,(H,20,22)/b19-6-. The third-order valence-electron chi connectivity index (χ3n) is 3.37. The Morgan fingerprint density at radius 3 is 2.81 bits per heavy atom. The number of carbonyl (C=O) groups excluding carboxylic acids is 1. The number of carbonyl (C=O) groups is 1. The number of ether oxygens (including phenoxy) is 3. The first kappa shape index (κ1) is 18.9. The van der Waals surface area contributed by atoms with Crippen LogP contribution in [0.15, 0.2) is 39.9 Å². The second-order valence-electron chi connectivity index (χ2n) is 5.18. The fourth-order valence-electron chi connectivity index (χ4n) is 2.10. The molecular formula is C16H11BrClN3O6. The van der Waals surface area contributed by atoms with Gasteiger partial charge in [0.15, 0.2) is 18.1 Å². The molecule has 0 spiro atoms. The lowest BCUT2D eigenvalue weighted by Gasteiger charge is -2.07. The van der Waals surface area contributed by atoms with Crippen LogP contribution in [0.3, 0.4) is 0 Å². The first-order valence-electron chi connectivity index (χ1n) is 7.42. The number of hydrazone groups is 1. The summed E-state index contributed by atoms with van der Waals surface area (Å²) >= 11 is 9.25. The molecule has 0 aliphatic carbocycles. The number of nitro groups is 1. The molecule has 0 radical (unpaired) electrons. The minimum absolute atomic E-state index is 0.0936. The molecule has 1 N–H and O–H groups in total. The lowest BCUT2D eigenvalue weighted by Crippen LogP contribution is -2.24. The van der Waals surface area contributed by atoms with Crippen molar-refractivity contribution in [2.45, 2.75) is 0 Å². The van der Waals surface area contributed by atoms with Gasteiger partial charge in [0.1, 0.15) is 5.75 Å². The number of hydrogen-bond donors (Lipinski definition) is 1. The highest BCUT2D eigenvalue weighted by Crippen LogP contribution is 2.36. The first-order chi connectivity index (χ1) is 12.9. The Bertz CT molecular complexity index is 937. The smallest absolute Gasteiger partial charge is 0.277 e. The van der Waals surface area contributed by atoms with E-state index in [0.29, 0.717) is 32.3 Å². The summed E-state index contributed by atoms with van der Waals surface area (Å²) in [7, 11) is 0. The molecule has 2 aromatic rings. The molecule has 0 bridgehead atoms. The summed E-state index contributed by atoms with van der Waals surface area (Å²) < 4.78 is 16.1. The van der Waals surface area contributed by atoms with Crippen LogP contribution in [0.2, 0.25) is 5.02 Å². The summed E-state index contributed by atoms with van der Waals surface area (Å²) in [4.78, 5) is 22.0. The summed E-state index contributed by atoms with van der Waals surface area (Å²) in [5.74, 6) is 0.855. The second kappa shape index (κ2) is 8.23. The third kappa shape index (κ3) is 4.66. The lowest BCUT2D eigenvalue weighted by atomic mass is 10.2. The zero-order valence-electron chi connectivity index (χ0n) is 13.5. The van der Waals surface area contributed by atoms with Gasteiger partial charge >= 0.3 is 0 Å². The van der Waals surface area contributed by atoms with Crippen molar-refractivity contribution >= 4 is 45.3 Å². The highest BCUT2D eigenvalue weighted by atomic mass is 79.9. The molecule has 0 unspecified atom stereocenters. The van der Waals surface area contributed by atoms with Crippen molar-refractivity contribution in [3.8, 4) is 17.2 Å². The van der Waals surface area contributed by atoms with Crippen LogP contribution in [-0.2, 0) is 4.79 Å². The van der Waals surface area contributed by atoms with Gasteiger partial charge in [-0.15, -0.1) is 0 Å². The number of amides is 1. The fourth-order valence-corrected chi connectivity index (χ4v) is 2.79. The molecule has 9 nitrogen and oxygen atoms in total. The van der Waals surface area contributed by atoms with Gasteiger partial charge in [0.25, 0.3) is 11.6 Å². The van der Waals surface area contributed by atoms with E-state index in [1.165, 1.54) is 24.4 Å². The van der Waals surface area contributed by atoms with Gasteiger partial charge in [-0.1, -0.05) is 11.6 Å². The SMILES string of the molecule is O=C(COc1ccc([N+](=O)[O-])cc1Br)N/N=C\c1cc2c(cc1Cl)OCO2. The molecule has 0 fully saturated rings. The zero-order chi connectivity index (χ0) is 19.4. The molecule has 1 heterocycles. The molecule has 0 saturated carbocycles. The van der Waals surface area contributed by atoms with Crippen LogP contribution in [0.4, 0.5) is 5.69 Å². The number of halogens is 2. The van der Waals surface area contributed by atoms with E-state index in [9.17, 15) is 14.9 Å². The quantitative estimate of drug-likeness (QED) is 0.406. The van der Waals surface area contributed by atoms with Crippen LogP contribution in [0.5, 0.6) is 17.2 Å². The normalized spacial score (nSPS) is 12.2. The maximum absolute atomic E-state index is 11.8. The monoisotopic (exact) mass is 455 g/mol. The minimum atomic E-state index is -0.531. The van der Waals surface area contributed by atoms with Gasteiger partial charge < -0.3 is 14.2 Å². The van der Waals surface area contributed by atoms with Gasteiger partial charge in [-0.25, -0.2) is 5.43 Å². The van der Waals surface area contributed by atoms with E-state index in [4.69, 9.17) is 25.8 Å². The van der Waals surface area contributed by atoms with E-state index < -0.39 is 10.8 Å². The van der Waals surface area contributed by atoms with E-state index in [2.05, 4.69) is 26.5 Å². The van der Waals surface area contributed by atoms with Gasteiger partial charge in [-0.2, -0.15) is 5.10 Å². The highest BCUT2D eigenvalue weighted by Gasteiger charge is 2.16. The van der Waals surface area contributed by atoms with Gasteiger partial charge in [0.2, 0.25) is 6.79 Å². The van der Waals surface area contributed by atoms with Gasteiger partial charge in [0, 0.05) is 23.8 Å². The Balaban J connectivity index is 1.54. The number of non-ortho nitro benzene ring substituents is 1. The molecule has 0 saturated heterocycles. The number of benzene rings is 2. The van der Waals surface area contributed by atoms with E-state index in [1.807, 2.05) is 0 Å². The Morgan fingerprint density at radius 1 is 1.37 bits per heavy atom. The molecular weight excluding hydrogens is 446 g/mol. The first-order valence-corrected chi connectivity index (χ1v) is 8.59. The van der Waals surface area contributed by atoms with Gasteiger partial charge in [-0.3, -0.25) is 14.9 Å². The highest BCUT2D eigenvalue weighted by molar-refractivity contribution is 9.10. The van der Waals surface area contributed by atoms with Crippen molar-refractivity contribution in [3.63, 3.8) is 0 Å². The average molecular weight is 457 g/mol. The summed E-state index contributed by atoms with van der Waals surface area (Å²) in [6.07, 6.45) is 1.37. The van der Waals surface area contributed by atoms with Crippen LogP contribution in [-0.4, -0.2) is 30.4 Å². The van der Waals surface area contributed by atoms with E-state index in [0.717, 1.165) is 0 Å². The Labute approximate surface area is 166 Å². The Kier molecular flexibility index (Phi) is 5.77. The van der Waals surface area contributed by atoms with Gasteiger partial charge in [-0.05, 0) is 28.1 Å².